The van der Waals surface area contributed by atoms with E-state index in [1.165, 1.54) is 16.0 Å². The molecule has 0 atom stereocenters. The third kappa shape index (κ3) is 6.31. The highest BCUT2D eigenvalue weighted by Crippen LogP contribution is 2.05. The molecule has 0 aliphatic carbocycles. The lowest BCUT2D eigenvalue weighted by Crippen LogP contribution is -3.12. The van der Waals surface area contributed by atoms with Crippen LogP contribution in [0.4, 0.5) is 0 Å². The zero-order valence-electron chi connectivity index (χ0n) is 15.9. The van der Waals surface area contributed by atoms with Crippen molar-refractivity contribution >= 4 is 11.6 Å². The van der Waals surface area contributed by atoms with Crippen LogP contribution in [0.3, 0.4) is 0 Å². The number of quaternary nitrogens is 1. The molecule has 0 spiro atoms. The van der Waals surface area contributed by atoms with Gasteiger partial charge in [-0.15, -0.1) is 0 Å². The zero-order chi connectivity index (χ0) is 18.9. The summed E-state index contributed by atoms with van der Waals surface area (Å²) in [6.45, 7) is 6.66. The van der Waals surface area contributed by atoms with Crippen LogP contribution in [0.5, 0.6) is 0 Å². The number of rotatable bonds is 7. The maximum absolute atomic E-state index is 12.3. The number of ether oxygens (including phenoxy) is 1. The maximum Gasteiger partial charge on any atom is 0.271 e. The third-order valence-electron chi connectivity index (χ3n) is 4.84. The van der Waals surface area contributed by atoms with E-state index in [1.807, 2.05) is 49.4 Å². The molecule has 1 saturated heterocycles. The van der Waals surface area contributed by atoms with Crippen LogP contribution in [-0.4, -0.2) is 37.9 Å². The molecule has 2 N–H and O–H groups in total. The first-order valence-electron chi connectivity index (χ1n) is 9.58. The molecule has 5 heteroatoms. The summed E-state index contributed by atoms with van der Waals surface area (Å²) in [4.78, 5) is 13.8. The summed E-state index contributed by atoms with van der Waals surface area (Å²) in [5.41, 5.74) is 6.73. The second-order valence-corrected chi connectivity index (χ2v) is 7.01. The number of aryl methyl sites for hydroxylation is 1. The highest BCUT2D eigenvalue weighted by molar-refractivity contribution is 5.95. The molecule has 142 valence electrons. The van der Waals surface area contributed by atoms with Gasteiger partial charge >= 0.3 is 0 Å². The first kappa shape index (κ1) is 19.3. The van der Waals surface area contributed by atoms with Gasteiger partial charge in [-0.1, -0.05) is 42.5 Å². The van der Waals surface area contributed by atoms with Gasteiger partial charge in [0.1, 0.15) is 19.6 Å². The molecule has 1 fully saturated rings. The Morgan fingerprint density at radius 3 is 2.44 bits per heavy atom. The summed E-state index contributed by atoms with van der Waals surface area (Å²) in [5.74, 6) is -0.167. The minimum atomic E-state index is -0.167. The lowest BCUT2D eigenvalue weighted by atomic mass is 10.1. The minimum Gasteiger partial charge on any atom is -0.370 e. The van der Waals surface area contributed by atoms with Crippen molar-refractivity contribution in [3.8, 4) is 0 Å². The van der Waals surface area contributed by atoms with Gasteiger partial charge in [-0.25, -0.2) is 5.43 Å². The molecule has 27 heavy (non-hydrogen) atoms. The van der Waals surface area contributed by atoms with Crippen LogP contribution < -0.4 is 10.3 Å². The Balaban J connectivity index is 1.46. The Morgan fingerprint density at radius 1 is 1.04 bits per heavy atom. The van der Waals surface area contributed by atoms with E-state index in [9.17, 15) is 4.79 Å². The molecule has 2 aromatic rings. The molecule has 0 radical (unpaired) electrons. The fourth-order valence-electron chi connectivity index (χ4n) is 3.14. The fraction of sp³-hybridized carbons (Fsp3) is 0.364. The molecule has 0 bridgehead atoms. The standard InChI is InChI=1S/C22H27N3O2/c1-18(7-8-19-5-3-2-4-6-19)23-24-22(26)21-11-9-20(10-12-21)17-25-13-15-27-16-14-25/h2-6,9-12H,7-8,13-17H2,1H3,(H,24,26)/p+1/b23-18-. The van der Waals surface area contributed by atoms with Gasteiger partial charge in [0.05, 0.1) is 13.2 Å². The van der Waals surface area contributed by atoms with E-state index in [1.54, 1.807) is 0 Å². The molecule has 1 heterocycles. The summed E-state index contributed by atoms with van der Waals surface area (Å²) in [6, 6.07) is 18.1. The van der Waals surface area contributed by atoms with Crippen LogP contribution in [0.15, 0.2) is 59.7 Å². The van der Waals surface area contributed by atoms with E-state index in [4.69, 9.17) is 4.74 Å². The Kier molecular flexibility index (Phi) is 7.13. The van der Waals surface area contributed by atoms with E-state index >= 15 is 0 Å². The van der Waals surface area contributed by atoms with E-state index in [0.717, 1.165) is 51.4 Å². The number of hydrazone groups is 1. The highest BCUT2D eigenvalue weighted by atomic mass is 16.5. The molecule has 0 saturated carbocycles. The molecule has 1 aliphatic rings. The van der Waals surface area contributed by atoms with E-state index in [2.05, 4.69) is 22.7 Å². The number of carbonyl (C=O) groups is 1. The fourth-order valence-corrected chi connectivity index (χ4v) is 3.14. The third-order valence-corrected chi connectivity index (χ3v) is 4.84. The predicted molar refractivity (Wildman–Crippen MR) is 107 cm³/mol. The van der Waals surface area contributed by atoms with Crippen LogP contribution in [-0.2, 0) is 17.7 Å². The van der Waals surface area contributed by atoms with Gasteiger partial charge in [-0.05, 0) is 37.5 Å². The normalized spacial score (nSPS) is 15.5. The van der Waals surface area contributed by atoms with Crippen LogP contribution in [0, 0.1) is 0 Å². The predicted octanol–water partition coefficient (Wildman–Crippen LogP) is 1.84. The minimum absolute atomic E-state index is 0.167. The number of carbonyl (C=O) groups excluding carboxylic acids is 1. The number of nitrogens with zero attached hydrogens (tertiary/aromatic N) is 1. The second kappa shape index (κ2) is 10.00. The van der Waals surface area contributed by atoms with Crippen LogP contribution in [0.25, 0.3) is 0 Å². The maximum atomic E-state index is 12.3. The Labute approximate surface area is 161 Å². The summed E-state index contributed by atoms with van der Waals surface area (Å²) in [6.07, 6.45) is 1.75. The number of nitrogens with one attached hydrogen (secondary N) is 2. The Hall–Kier alpha value is -2.50. The summed E-state index contributed by atoms with van der Waals surface area (Å²) in [7, 11) is 0. The van der Waals surface area contributed by atoms with Gasteiger partial charge in [0.15, 0.2) is 0 Å². The van der Waals surface area contributed by atoms with Crippen molar-refractivity contribution < 1.29 is 14.4 Å². The SMILES string of the molecule is C/C(CCc1ccccc1)=N/NC(=O)c1ccc(C[NH+]2CCOCC2)cc1. The number of morpholine rings is 1. The molecule has 5 nitrogen and oxygen atoms in total. The zero-order valence-corrected chi connectivity index (χ0v) is 15.9. The lowest BCUT2D eigenvalue weighted by molar-refractivity contribution is -0.921. The van der Waals surface area contributed by atoms with E-state index in [-0.39, 0.29) is 5.91 Å². The van der Waals surface area contributed by atoms with Crippen molar-refractivity contribution in [2.45, 2.75) is 26.3 Å². The average molecular weight is 366 g/mol. The summed E-state index contributed by atoms with van der Waals surface area (Å²) >= 11 is 0. The van der Waals surface area contributed by atoms with Crippen molar-refractivity contribution in [1.29, 1.82) is 0 Å². The van der Waals surface area contributed by atoms with Gasteiger partial charge in [-0.3, -0.25) is 4.79 Å². The van der Waals surface area contributed by atoms with Crippen molar-refractivity contribution in [3.63, 3.8) is 0 Å². The smallest absolute Gasteiger partial charge is 0.271 e. The number of hydrogen-bond acceptors (Lipinski definition) is 3. The van der Waals surface area contributed by atoms with Crippen LogP contribution in [0.1, 0.15) is 34.8 Å². The summed E-state index contributed by atoms with van der Waals surface area (Å²) < 4.78 is 5.39. The van der Waals surface area contributed by atoms with Crippen molar-refractivity contribution in [2.75, 3.05) is 26.3 Å². The van der Waals surface area contributed by atoms with Gasteiger partial charge < -0.3 is 9.64 Å². The number of benzene rings is 2. The summed E-state index contributed by atoms with van der Waals surface area (Å²) in [5, 5.41) is 4.23. The van der Waals surface area contributed by atoms with Crippen LogP contribution in [0.2, 0.25) is 0 Å². The first-order valence-corrected chi connectivity index (χ1v) is 9.58. The largest absolute Gasteiger partial charge is 0.370 e. The molecule has 1 aliphatic heterocycles. The average Bonchev–Trinajstić information content (AvgIpc) is 2.72. The molecule has 3 rings (SSSR count). The van der Waals surface area contributed by atoms with Crippen molar-refractivity contribution in [1.82, 2.24) is 5.43 Å². The van der Waals surface area contributed by atoms with Crippen LogP contribution >= 0.6 is 0 Å². The Bertz CT molecular complexity index is 751. The lowest BCUT2D eigenvalue weighted by Gasteiger charge is -2.23. The monoisotopic (exact) mass is 366 g/mol. The van der Waals surface area contributed by atoms with E-state index < -0.39 is 0 Å². The van der Waals surface area contributed by atoms with Gasteiger partial charge in [0.25, 0.3) is 5.91 Å². The van der Waals surface area contributed by atoms with Crippen molar-refractivity contribution in [2.24, 2.45) is 5.10 Å². The van der Waals surface area contributed by atoms with Gasteiger partial charge in [0.2, 0.25) is 0 Å². The highest BCUT2D eigenvalue weighted by Gasteiger charge is 2.14. The first-order chi connectivity index (χ1) is 13.2. The molecule has 0 unspecified atom stereocenters. The van der Waals surface area contributed by atoms with E-state index in [0.29, 0.717) is 5.56 Å². The molecular weight excluding hydrogens is 338 g/mol. The quantitative estimate of drug-likeness (QED) is 0.580. The Morgan fingerprint density at radius 2 is 1.74 bits per heavy atom. The molecule has 1 amide bonds. The number of hydrogen-bond donors (Lipinski definition) is 2. The molecule has 2 aromatic carbocycles. The topological polar surface area (TPSA) is 55.1 Å². The van der Waals surface area contributed by atoms with Gasteiger partial charge in [0, 0.05) is 16.8 Å². The number of amides is 1. The second-order valence-electron chi connectivity index (χ2n) is 7.01. The van der Waals surface area contributed by atoms with Crippen molar-refractivity contribution in [3.05, 3.63) is 71.3 Å². The molecule has 0 aromatic heterocycles. The molecular formula is C22H28N3O2+. The van der Waals surface area contributed by atoms with Gasteiger partial charge in [-0.2, -0.15) is 5.10 Å².